The molecule has 4 aromatic carbocycles. The van der Waals surface area contributed by atoms with Crippen molar-refractivity contribution in [2.24, 2.45) is 7.05 Å². The minimum absolute atomic E-state index is 0.0275. The summed E-state index contributed by atoms with van der Waals surface area (Å²) in [6.45, 7) is 4.79. The first-order valence-corrected chi connectivity index (χ1v) is 19.6. The molecule has 3 aliphatic rings. The maximum atomic E-state index is 12.8. The summed E-state index contributed by atoms with van der Waals surface area (Å²) >= 11 is 0. The Bertz CT molecular complexity index is 1920. The number of benzene rings is 4. The monoisotopic (exact) mass is 743 g/mol. The zero-order valence-corrected chi connectivity index (χ0v) is 31.9. The topological polar surface area (TPSA) is 106 Å². The number of para-hydroxylation sites is 1. The van der Waals surface area contributed by atoms with Crippen LogP contribution < -0.4 is 14.8 Å². The summed E-state index contributed by atoms with van der Waals surface area (Å²) in [6, 6.07) is 36.2. The number of carbonyl (C=O) groups excluding carboxylic acids is 3. The molecule has 0 radical (unpaired) electrons. The van der Waals surface area contributed by atoms with E-state index in [0.717, 1.165) is 49.1 Å². The fourth-order valence-corrected chi connectivity index (χ4v) is 7.23. The molecule has 1 unspecified atom stereocenters. The summed E-state index contributed by atoms with van der Waals surface area (Å²) in [5, 5.41) is 7.79. The van der Waals surface area contributed by atoms with E-state index in [1.807, 2.05) is 90.8 Å². The molecule has 288 valence electrons. The minimum Gasteiger partial charge on any atom is -0.494 e. The summed E-state index contributed by atoms with van der Waals surface area (Å²) in [6.07, 6.45) is 8.18. The molecule has 3 amide bonds. The molecule has 55 heavy (non-hydrogen) atoms. The van der Waals surface area contributed by atoms with Crippen LogP contribution in [0.2, 0.25) is 0 Å². The molecular formula is C45H53N5O5. The highest BCUT2D eigenvalue weighted by Crippen LogP contribution is 2.32. The number of ether oxygens (including phenoxy) is 2. The fourth-order valence-electron chi connectivity index (χ4n) is 7.23. The third-order valence-electron chi connectivity index (χ3n) is 10.3. The van der Waals surface area contributed by atoms with E-state index in [1.165, 1.54) is 25.7 Å². The van der Waals surface area contributed by atoms with Crippen LogP contribution in [0, 0.1) is 0 Å². The molecule has 10 nitrogen and oxygen atoms in total. The number of hydrogen-bond donors (Lipinski definition) is 1. The van der Waals surface area contributed by atoms with E-state index in [2.05, 4.69) is 39.6 Å². The molecule has 0 bridgehead atoms. The number of carbonyl (C=O) groups is 3. The second-order valence-electron chi connectivity index (χ2n) is 14.2. The molecular weight excluding hydrogens is 691 g/mol. The van der Waals surface area contributed by atoms with Gasteiger partial charge in [0.25, 0.3) is 5.91 Å². The lowest BCUT2D eigenvalue weighted by molar-refractivity contribution is -0.135. The Labute approximate surface area is 324 Å². The number of imide groups is 1. The Morgan fingerprint density at radius 2 is 1.38 bits per heavy atom. The highest BCUT2D eigenvalue weighted by Gasteiger charge is 2.31. The largest absolute Gasteiger partial charge is 0.494 e. The van der Waals surface area contributed by atoms with Crippen LogP contribution in [0.4, 0.5) is 0 Å². The van der Waals surface area contributed by atoms with Crippen LogP contribution in [0.25, 0.3) is 10.9 Å². The molecule has 0 saturated carbocycles. The summed E-state index contributed by atoms with van der Waals surface area (Å²) in [5.41, 5.74) is 4.62. The van der Waals surface area contributed by atoms with E-state index in [4.69, 9.17) is 9.47 Å². The molecule has 2 aliphatic heterocycles. The predicted octanol–water partition coefficient (Wildman–Crippen LogP) is 6.73. The van der Waals surface area contributed by atoms with Crippen LogP contribution in [0.1, 0.15) is 61.3 Å². The second-order valence-corrected chi connectivity index (χ2v) is 14.2. The van der Waals surface area contributed by atoms with Crippen LogP contribution in [-0.4, -0.2) is 83.2 Å². The molecule has 10 heteroatoms. The maximum Gasteiger partial charge on any atom is 0.260 e. The number of nitrogens with zero attached hydrogens (tertiary/aromatic N) is 4. The van der Waals surface area contributed by atoms with Crippen molar-refractivity contribution < 1.29 is 23.9 Å². The first kappa shape index (κ1) is 39.2. The van der Waals surface area contributed by atoms with Crippen LogP contribution in [0.3, 0.4) is 0 Å². The molecule has 2 fully saturated rings. The number of aromatic nitrogens is 2. The number of piperazine rings is 1. The van der Waals surface area contributed by atoms with E-state index in [0.29, 0.717) is 44.0 Å². The first-order chi connectivity index (χ1) is 26.9. The smallest absolute Gasteiger partial charge is 0.260 e. The van der Waals surface area contributed by atoms with Crippen LogP contribution in [-0.2, 0) is 34.3 Å². The molecule has 1 aliphatic carbocycles. The van der Waals surface area contributed by atoms with Gasteiger partial charge in [0.05, 0.1) is 23.7 Å². The second kappa shape index (κ2) is 20.3. The number of nitrogens with one attached hydrogen (secondary N) is 1. The maximum absolute atomic E-state index is 12.8. The van der Waals surface area contributed by atoms with Crippen LogP contribution >= 0.6 is 0 Å². The van der Waals surface area contributed by atoms with Gasteiger partial charge in [0.1, 0.15) is 11.5 Å². The number of rotatable bonds is 10. The number of fused-ring (bicyclic) bond motifs is 2. The van der Waals surface area contributed by atoms with Crippen molar-refractivity contribution in [3.05, 3.63) is 126 Å². The Morgan fingerprint density at radius 3 is 2.04 bits per heavy atom. The van der Waals surface area contributed by atoms with Crippen LogP contribution in [0.5, 0.6) is 11.5 Å². The lowest BCUT2D eigenvalue weighted by Gasteiger charge is -2.34. The number of hydrogen-bond acceptors (Lipinski definition) is 7. The summed E-state index contributed by atoms with van der Waals surface area (Å²) in [7, 11) is 1.81. The SMILES string of the molecule is Cn1nc(C2CCC(=O)NC2=O)c2ccc(OCC(=O)N3CCN(CCCCOc4ccccc4)CC3)cc21.c1ccc2c(c1)CCCC2.c1ccccc1. The van der Waals surface area contributed by atoms with E-state index in [9.17, 15) is 14.4 Å². The van der Waals surface area contributed by atoms with Gasteiger partial charge < -0.3 is 14.4 Å². The van der Waals surface area contributed by atoms with Crippen molar-refractivity contribution in [2.45, 2.75) is 57.3 Å². The van der Waals surface area contributed by atoms with Gasteiger partial charge in [-0.1, -0.05) is 78.9 Å². The predicted molar refractivity (Wildman–Crippen MR) is 215 cm³/mol. The first-order valence-electron chi connectivity index (χ1n) is 19.6. The highest BCUT2D eigenvalue weighted by molar-refractivity contribution is 6.02. The third-order valence-corrected chi connectivity index (χ3v) is 10.3. The number of piperidine rings is 1. The van der Waals surface area contributed by atoms with Gasteiger partial charge in [-0.3, -0.25) is 29.3 Å². The lowest BCUT2D eigenvalue weighted by atomic mass is 9.92. The summed E-state index contributed by atoms with van der Waals surface area (Å²) in [5.74, 6) is 0.438. The fraction of sp³-hybridized carbons (Fsp3) is 0.378. The molecule has 1 aromatic heterocycles. The van der Waals surface area contributed by atoms with Gasteiger partial charge in [-0.25, -0.2) is 0 Å². The third kappa shape index (κ3) is 11.5. The van der Waals surface area contributed by atoms with E-state index in [-0.39, 0.29) is 24.3 Å². The van der Waals surface area contributed by atoms with E-state index < -0.39 is 5.92 Å². The number of unbranched alkanes of at least 4 members (excludes halogenated alkanes) is 1. The molecule has 1 N–H and O–H groups in total. The molecule has 3 heterocycles. The zero-order chi connectivity index (χ0) is 38.2. The Balaban J connectivity index is 0.000000262. The zero-order valence-electron chi connectivity index (χ0n) is 31.9. The van der Waals surface area contributed by atoms with Crippen molar-refractivity contribution in [3.63, 3.8) is 0 Å². The molecule has 0 spiro atoms. The van der Waals surface area contributed by atoms with Crippen molar-refractivity contribution in [2.75, 3.05) is 45.9 Å². The van der Waals surface area contributed by atoms with Crippen molar-refractivity contribution in [1.82, 2.24) is 24.9 Å². The summed E-state index contributed by atoms with van der Waals surface area (Å²) in [4.78, 5) is 40.9. The van der Waals surface area contributed by atoms with Gasteiger partial charge in [-0.2, -0.15) is 5.10 Å². The summed E-state index contributed by atoms with van der Waals surface area (Å²) < 4.78 is 13.3. The minimum atomic E-state index is -0.457. The van der Waals surface area contributed by atoms with Gasteiger partial charge in [0, 0.05) is 51.1 Å². The molecule has 2 saturated heterocycles. The van der Waals surface area contributed by atoms with Crippen molar-refractivity contribution in [1.29, 1.82) is 0 Å². The van der Waals surface area contributed by atoms with Gasteiger partial charge in [-0.15, -0.1) is 0 Å². The molecule has 1 atom stereocenters. The van der Waals surface area contributed by atoms with E-state index in [1.54, 1.807) is 21.9 Å². The van der Waals surface area contributed by atoms with Crippen molar-refractivity contribution >= 4 is 28.6 Å². The van der Waals surface area contributed by atoms with Gasteiger partial charge >= 0.3 is 0 Å². The quantitative estimate of drug-likeness (QED) is 0.125. The molecule has 5 aromatic rings. The standard InChI is InChI=1S/C29H35N5O5.C10H12.C6H6/c1-32-25-19-22(9-10-23(25)28(31-32)24-11-12-26(35)30-29(24)37)39-20-27(36)34-16-14-33(15-17-34)13-5-6-18-38-21-7-3-2-4-8-21;1-2-6-10-8-4-3-7-9(10)5-1;1-2-4-6-5-3-1/h2-4,7-10,19,24H,5-6,11-18,20H2,1H3,(H,30,35,37);1-2,5-6H,3-4,7-8H2;1-6H. The average Bonchev–Trinajstić information content (AvgIpc) is 3.56. The van der Waals surface area contributed by atoms with Crippen LogP contribution in [0.15, 0.2) is 109 Å². The Morgan fingerprint density at radius 1 is 0.745 bits per heavy atom. The number of aryl methyl sites for hydroxylation is 3. The number of amides is 3. The Kier molecular flexibility index (Phi) is 14.5. The van der Waals surface area contributed by atoms with Gasteiger partial charge in [-0.05, 0) is 86.9 Å². The van der Waals surface area contributed by atoms with Gasteiger partial charge in [0.2, 0.25) is 11.8 Å². The lowest BCUT2D eigenvalue weighted by Crippen LogP contribution is -2.50. The highest BCUT2D eigenvalue weighted by atomic mass is 16.5. The van der Waals surface area contributed by atoms with Gasteiger partial charge in [0.15, 0.2) is 6.61 Å². The Hall–Kier alpha value is -5.48. The molecule has 8 rings (SSSR count). The van der Waals surface area contributed by atoms with E-state index >= 15 is 0 Å². The average molecular weight is 744 g/mol. The van der Waals surface area contributed by atoms with Crippen molar-refractivity contribution in [3.8, 4) is 11.5 Å². The normalized spacial score (nSPS) is 16.8.